The molecule has 0 amide bonds. The summed E-state index contributed by atoms with van der Waals surface area (Å²) >= 11 is 6.08. The Morgan fingerprint density at radius 1 is 1.14 bits per heavy atom. The number of benzene rings is 2. The molecule has 2 unspecified atom stereocenters. The standard InChI is InChI=1S/C28H32ClN5O3/c1-5-37-27(35)22-18(2)30-26-24(23(22)19-10-7-6-8-11-19)25(31-21-14-12-20(29)13-15-21)32-28(36)34(26)17-9-16-33(3)4/h6-8,10-15,22-23H,5,9,16-17H2,1-4H3,(H,31,32,36). The summed E-state index contributed by atoms with van der Waals surface area (Å²) in [6.07, 6.45) is 0.747. The monoisotopic (exact) mass is 521 g/mol. The number of nitrogens with one attached hydrogen (secondary N) is 1. The van der Waals surface area contributed by atoms with Crippen LogP contribution in [0.1, 0.15) is 37.3 Å². The van der Waals surface area contributed by atoms with Crippen LogP contribution in [0.2, 0.25) is 5.02 Å². The molecule has 1 aliphatic heterocycles. The van der Waals surface area contributed by atoms with Crippen LogP contribution in [-0.2, 0) is 16.1 Å². The number of fused-ring (bicyclic) bond motifs is 1. The number of hydrogen-bond acceptors (Lipinski definition) is 7. The average molecular weight is 522 g/mol. The van der Waals surface area contributed by atoms with Gasteiger partial charge in [0.25, 0.3) is 0 Å². The van der Waals surface area contributed by atoms with Crippen molar-refractivity contribution in [1.29, 1.82) is 0 Å². The minimum absolute atomic E-state index is 0.259. The zero-order chi connectivity index (χ0) is 26.5. The van der Waals surface area contributed by atoms with Gasteiger partial charge in [-0.1, -0.05) is 41.9 Å². The molecule has 4 rings (SSSR count). The summed E-state index contributed by atoms with van der Waals surface area (Å²) < 4.78 is 7.10. The Hall–Kier alpha value is -3.49. The van der Waals surface area contributed by atoms with E-state index in [2.05, 4.69) is 15.2 Å². The summed E-state index contributed by atoms with van der Waals surface area (Å²) in [6, 6.07) is 16.9. The fourth-order valence-electron chi connectivity index (χ4n) is 4.68. The van der Waals surface area contributed by atoms with Crippen LogP contribution < -0.4 is 11.0 Å². The van der Waals surface area contributed by atoms with Gasteiger partial charge in [0.15, 0.2) is 0 Å². The first-order valence-corrected chi connectivity index (χ1v) is 12.8. The molecular formula is C28H32ClN5O3. The van der Waals surface area contributed by atoms with Crippen LogP contribution in [0.4, 0.5) is 17.3 Å². The second kappa shape index (κ2) is 11.7. The molecule has 1 N–H and O–H groups in total. The number of halogens is 1. The topological polar surface area (TPSA) is 88.8 Å². The zero-order valence-corrected chi connectivity index (χ0v) is 22.3. The number of anilines is 2. The molecule has 3 aromatic rings. The van der Waals surface area contributed by atoms with E-state index in [9.17, 15) is 9.59 Å². The minimum Gasteiger partial charge on any atom is -0.465 e. The van der Waals surface area contributed by atoms with Crippen molar-refractivity contribution in [3.8, 4) is 0 Å². The van der Waals surface area contributed by atoms with E-state index in [0.29, 0.717) is 34.5 Å². The van der Waals surface area contributed by atoms with Gasteiger partial charge in [0.1, 0.15) is 17.6 Å². The molecule has 0 saturated carbocycles. The normalized spacial score (nSPS) is 16.8. The number of aromatic nitrogens is 2. The lowest BCUT2D eigenvalue weighted by Crippen LogP contribution is -2.37. The second-order valence-corrected chi connectivity index (χ2v) is 9.73. The summed E-state index contributed by atoms with van der Waals surface area (Å²) in [4.78, 5) is 38.0. The molecule has 2 atom stereocenters. The molecule has 37 heavy (non-hydrogen) atoms. The van der Waals surface area contributed by atoms with E-state index in [1.807, 2.05) is 63.5 Å². The molecule has 9 heteroatoms. The van der Waals surface area contributed by atoms with Gasteiger partial charge in [0, 0.05) is 34.4 Å². The van der Waals surface area contributed by atoms with Gasteiger partial charge >= 0.3 is 11.7 Å². The van der Waals surface area contributed by atoms with Gasteiger partial charge in [-0.05, 0) is 70.7 Å². The first-order chi connectivity index (χ1) is 17.8. The van der Waals surface area contributed by atoms with Crippen LogP contribution in [0.5, 0.6) is 0 Å². The molecule has 2 heterocycles. The van der Waals surface area contributed by atoms with Crippen LogP contribution in [0.25, 0.3) is 0 Å². The van der Waals surface area contributed by atoms with Gasteiger partial charge in [-0.2, -0.15) is 4.98 Å². The Bertz CT molecular complexity index is 1340. The smallest absolute Gasteiger partial charge is 0.351 e. The first kappa shape index (κ1) is 26.6. The van der Waals surface area contributed by atoms with E-state index in [0.717, 1.165) is 24.2 Å². The average Bonchev–Trinajstić information content (AvgIpc) is 2.87. The number of carbonyl (C=O) groups is 1. The fourth-order valence-corrected chi connectivity index (χ4v) is 4.81. The van der Waals surface area contributed by atoms with Gasteiger partial charge in [-0.25, -0.2) is 9.79 Å². The number of nitrogens with zero attached hydrogens (tertiary/aromatic N) is 4. The summed E-state index contributed by atoms with van der Waals surface area (Å²) in [5.41, 5.74) is 2.52. The van der Waals surface area contributed by atoms with E-state index in [4.69, 9.17) is 21.3 Å². The Morgan fingerprint density at radius 3 is 2.49 bits per heavy atom. The lowest BCUT2D eigenvalue weighted by molar-refractivity contribution is -0.146. The highest BCUT2D eigenvalue weighted by molar-refractivity contribution is 6.30. The molecule has 0 saturated heterocycles. The zero-order valence-electron chi connectivity index (χ0n) is 21.6. The van der Waals surface area contributed by atoms with Crippen molar-refractivity contribution >= 4 is 40.6 Å². The maximum absolute atomic E-state index is 13.3. The highest BCUT2D eigenvalue weighted by Gasteiger charge is 2.42. The van der Waals surface area contributed by atoms with Gasteiger partial charge in [-0.15, -0.1) is 0 Å². The van der Waals surface area contributed by atoms with Crippen molar-refractivity contribution in [2.75, 3.05) is 32.6 Å². The number of aliphatic imine (C=N–C) groups is 1. The van der Waals surface area contributed by atoms with E-state index < -0.39 is 17.5 Å². The highest BCUT2D eigenvalue weighted by atomic mass is 35.5. The Labute approximate surface area is 222 Å². The Morgan fingerprint density at radius 2 is 1.84 bits per heavy atom. The molecule has 0 radical (unpaired) electrons. The van der Waals surface area contributed by atoms with Gasteiger partial charge in [-0.3, -0.25) is 9.36 Å². The molecule has 0 fully saturated rings. The highest BCUT2D eigenvalue weighted by Crippen LogP contribution is 2.45. The summed E-state index contributed by atoms with van der Waals surface area (Å²) in [5.74, 6) is -0.579. The molecule has 0 spiro atoms. The lowest BCUT2D eigenvalue weighted by atomic mass is 9.76. The van der Waals surface area contributed by atoms with E-state index in [1.165, 1.54) is 0 Å². The van der Waals surface area contributed by atoms with Crippen LogP contribution >= 0.6 is 11.6 Å². The largest absolute Gasteiger partial charge is 0.465 e. The first-order valence-electron chi connectivity index (χ1n) is 12.4. The molecule has 0 bridgehead atoms. The third-order valence-corrected chi connectivity index (χ3v) is 6.61. The predicted molar refractivity (Wildman–Crippen MR) is 148 cm³/mol. The van der Waals surface area contributed by atoms with Crippen LogP contribution in [0.3, 0.4) is 0 Å². The van der Waals surface area contributed by atoms with Crippen molar-refractivity contribution in [1.82, 2.24) is 14.5 Å². The van der Waals surface area contributed by atoms with E-state index >= 15 is 0 Å². The van der Waals surface area contributed by atoms with Gasteiger partial charge < -0.3 is 15.0 Å². The molecule has 2 aromatic carbocycles. The van der Waals surface area contributed by atoms with Crippen molar-refractivity contribution in [2.45, 2.75) is 32.7 Å². The quantitative estimate of drug-likeness (QED) is 0.398. The summed E-state index contributed by atoms with van der Waals surface area (Å²) in [5, 5.41) is 3.89. The summed E-state index contributed by atoms with van der Waals surface area (Å²) in [6.45, 7) is 5.13. The van der Waals surface area contributed by atoms with E-state index in [-0.39, 0.29) is 12.6 Å². The van der Waals surface area contributed by atoms with Gasteiger partial charge in [0.05, 0.1) is 6.61 Å². The fraction of sp³-hybridized carbons (Fsp3) is 0.357. The minimum atomic E-state index is -0.657. The van der Waals surface area contributed by atoms with Crippen molar-refractivity contribution in [2.24, 2.45) is 10.9 Å². The van der Waals surface area contributed by atoms with Crippen molar-refractivity contribution in [3.63, 3.8) is 0 Å². The summed E-state index contributed by atoms with van der Waals surface area (Å²) in [7, 11) is 3.99. The SMILES string of the molecule is CCOC(=O)C1C(C)=Nc2c(c(Nc3ccc(Cl)cc3)nc(=O)n2CCCN(C)C)C1c1ccccc1. The second-order valence-electron chi connectivity index (χ2n) is 9.29. The van der Waals surface area contributed by atoms with Crippen LogP contribution in [0, 0.1) is 5.92 Å². The number of esters is 1. The third-order valence-electron chi connectivity index (χ3n) is 6.36. The van der Waals surface area contributed by atoms with Crippen molar-refractivity contribution in [3.05, 3.63) is 81.2 Å². The molecule has 0 aliphatic carbocycles. The van der Waals surface area contributed by atoms with Crippen LogP contribution in [0.15, 0.2) is 64.4 Å². The third kappa shape index (κ3) is 5.92. The maximum atomic E-state index is 13.3. The molecule has 1 aromatic heterocycles. The number of hydrogen-bond donors (Lipinski definition) is 1. The van der Waals surface area contributed by atoms with E-state index in [1.54, 1.807) is 23.6 Å². The Kier molecular flexibility index (Phi) is 8.41. The molecule has 194 valence electrons. The lowest BCUT2D eigenvalue weighted by Gasteiger charge is -2.33. The van der Waals surface area contributed by atoms with Gasteiger partial charge in [0.2, 0.25) is 0 Å². The number of carbonyl (C=O) groups excluding carboxylic acids is 1. The molecule has 8 nitrogen and oxygen atoms in total. The van der Waals surface area contributed by atoms with Crippen molar-refractivity contribution < 1.29 is 9.53 Å². The predicted octanol–water partition coefficient (Wildman–Crippen LogP) is 5.01. The molecular weight excluding hydrogens is 490 g/mol. The van der Waals surface area contributed by atoms with Crippen LogP contribution in [-0.4, -0.2) is 53.4 Å². The number of rotatable bonds is 9. The molecule has 1 aliphatic rings. The maximum Gasteiger partial charge on any atom is 0.351 e. The number of ether oxygens (including phenoxy) is 1. The Balaban J connectivity index is 1.95.